The number of rotatable bonds is 7. The van der Waals surface area contributed by atoms with Gasteiger partial charge >= 0.3 is 6.18 Å². The van der Waals surface area contributed by atoms with Gasteiger partial charge in [0, 0.05) is 25.4 Å². The van der Waals surface area contributed by atoms with E-state index < -0.39 is 11.7 Å². The third-order valence-electron chi connectivity index (χ3n) is 2.36. The Bertz CT molecular complexity index is 352. The lowest BCUT2D eigenvalue weighted by Crippen LogP contribution is -2.12. The maximum atomic E-state index is 12.7. The summed E-state index contributed by atoms with van der Waals surface area (Å²) in [5, 5.41) is 2.80. The van der Waals surface area contributed by atoms with E-state index >= 15 is 0 Å². The fraction of sp³-hybridized carbons (Fsp3) is 0.538. The second kappa shape index (κ2) is 7.26. The van der Waals surface area contributed by atoms with E-state index in [1.807, 2.05) is 6.92 Å². The standard InChI is InChI=1S/C13H18F3NO/c1-2-9-18-10-5-8-17-12-7-4-3-6-11(12)13(14,15)16/h3-4,6-7,17H,2,5,8-10H2,1H3. The molecule has 0 saturated heterocycles. The molecule has 0 spiro atoms. The van der Waals surface area contributed by atoms with Gasteiger partial charge in [-0.1, -0.05) is 19.1 Å². The van der Waals surface area contributed by atoms with Gasteiger partial charge in [0.1, 0.15) is 0 Å². The molecule has 0 fully saturated rings. The lowest BCUT2D eigenvalue weighted by Gasteiger charge is -2.14. The van der Waals surface area contributed by atoms with Crippen LogP contribution in [0.4, 0.5) is 18.9 Å². The summed E-state index contributed by atoms with van der Waals surface area (Å²) in [6.07, 6.45) is -2.68. The van der Waals surface area contributed by atoms with Crippen LogP contribution >= 0.6 is 0 Å². The Morgan fingerprint density at radius 2 is 1.89 bits per heavy atom. The molecule has 0 aliphatic rings. The Balaban J connectivity index is 2.43. The van der Waals surface area contributed by atoms with Crippen molar-refractivity contribution in [2.75, 3.05) is 25.1 Å². The van der Waals surface area contributed by atoms with E-state index in [-0.39, 0.29) is 5.69 Å². The van der Waals surface area contributed by atoms with Gasteiger partial charge in [-0.05, 0) is 25.0 Å². The maximum Gasteiger partial charge on any atom is 0.418 e. The number of halogens is 3. The third-order valence-corrected chi connectivity index (χ3v) is 2.36. The summed E-state index contributed by atoms with van der Waals surface area (Å²) in [5.74, 6) is 0. The van der Waals surface area contributed by atoms with E-state index in [0.717, 1.165) is 12.5 Å². The fourth-order valence-corrected chi connectivity index (χ4v) is 1.53. The van der Waals surface area contributed by atoms with Crippen molar-refractivity contribution in [3.63, 3.8) is 0 Å². The molecule has 18 heavy (non-hydrogen) atoms. The molecule has 0 bridgehead atoms. The number of nitrogens with one attached hydrogen (secondary N) is 1. The average Bonchev–Trinajstić information content (AvgIpc) is 2.33. The van der Waals surface area contributed by atoms with Crippen molar-refractivity contribution in [1.29, 1.82) is 0 Å². The van der Waals surface area contributed by atoms with Gasteiger partial charge < -0.3 is 10.1 Å². The Morgan fingerprint density at radius 3 is 2.56 bits per heavy atom. The molecule has 0 aliphatic heterocycles. The van der Waals surface area contributed by atoms with Crippen LogP contribution in [0.5, 0.6) is 0 Å². The van der Waals surface area contributed by atoms with Crippen LogP contribution in [0.25, 0.3) is 0 Å². The summed E-state index contributed by atoms with van der Waals surface area (Å²) in [7, 11) is 0. The molecule has 1 N–H and O–H groups in total. The first-order chi connectivity index (χ1) is 8.55. The van der Waals surface area contributed by atoms with E-state index in [2.05, 4.69) is 5.32 Å². The molecule has 0 atom stereocenters. The number of alkyl halides is 3. The second-order valence-corrected chi connectivity index (χ2v) is 3.94. The third kappa shape index (κ3) is 4.96. The Morgan fingerprint density at radius 1 is 1.17 bits per heavy atom. The lowest BCUT2D eigenvalue weighted by molar-refractivity contribution is -0.136. The highest BCUT2D eigenvalue weighted by atomic mass is 19.4. The molecule has 1 aromatic carbocycles. The minimum atomic E-state index is -4.32. The first-order valence-corrected chi connectivity index (χ1v) is 6.03. The van der Waals surface area contributed by atoms with Gasteiger partial charge in [-0.15, -0.1) is 0 Å². The van der Waals surface area contributed by atoms with Crippen molar-refractivity contribution >= 4 is 5.69 Å². The van der Waals surface area contributed by atoms with Gasteiger partial charge in [0.2, 0.25) is 0 Å². The molecule has 0 amide bonds. The molecule has 5 heteroatoms. The van der Waals surface area contributed by atoms with E-state index in [1.54, 1.807) is 6.07 Å². The van der Waals surface area contributed by atoms with Gasteiger partial charge in [0.25, 0.3) is 0 Å². The zero-order chi connectivity index (χ0) is 13.4. The zero-order valence-electron chi connectivity index (χ0n) is 10.4. The Kier molecular flexibility index (Phi) is 5.98. The minimum absolute atomic E-state index is 0.125. The second-order valence-electron chi connectivity index (χ2n) is 3.94. The molecule has 0 heterocycles. The number of para-hydroxylation sites is 1. The molecule has 0 unspecified atom stereocenters. The highest BCUT2D eigenvalue weighted by Gasteiger charge is 2.32. The molecule has 1 rings (SSSR count). The minimum Gasteiger partial charge on any atom is -0.384 e. The van der Waals surface area contributed by atoms with Crippen LogP contribution in [0.1, 0.15) is 25.3 Å². The van der Waals surface area contributed by atoms with Gasteiger partial charge in [-0.3, -0.25) is 0 Å². The molecular weight excluding hydrogens is 243 g/mol. The summed E-state index contributed by atoms with van der Waals surface area (Å²) in [6, 6.07) is 5.50. The van der Waals surface area contributed by atoms with Crippen molar-refractivity contribution in [2.45, 2.75) is 25.9 Å². The van der Waals surface area contributed by atoms with Gasteiger partial charge in [0.15, 0.2) is 0 Å². The van der Waals surface area contributed by atoms with Crippen molar-refractivity contribution in [2.24, 2.45) is 0 Å². The van der Waals surface area contributed by atoms with Crippen LogP contribution in [0.2, 0.25) is 0 Å². The van der Waals surface area contributed by atoms with E-state index in [9.17, 15) is 13.2 Å². The van der Waals surface area contributed by atoms with Gasteiger partial charge in [-0.2, -0.15) is 13.2 Å². The zero-order valence-corrected chi connectivity index (χ0v) is 10.4. The summed E-state index contributed by atoms with van der Waals surface area (Å²) in [5.41, 5.74) is -0.500. The largest absolute Gasteiger partial charge is 0.418 e. The quantitative estimate of drug-likeness (QED) is 0.751. The molecule has 0 radical (unpaired) electrons. The van der Waals surface area contributed by atoms with Crippen molar-refractivity contribution in [1.82, 2.24) is 0 Å². The Labute approximate surface area is 105 Å². The van der Waals surface area contributed by atoms with Gasteiger partial charge in [-0.25, -0.2) is 0 Å². The van der Waals surface area contributed by atoms with Gasteiger partial charge in [0.05, 0.1) is 5.56 Å². The normalized spacial score (nSPS) is 11.6. The van der Waals surface area contributed by atoms with Crippen molar-refractivity contribution in [3.05, 3.63) is 29.8 Å². The lowest BCUT2D eigenvalue weighted by atomic mass is 10.1. The number of anilines is 1. The predicted molar refractivity (Wildman–Crippen MR) is 65.7 cm³/mol. The topological polar surface area (TPSA) is 21.3 Å². The molecule has 0 saturated carbocycles. The fourth-order valence-electron chi connectivity index (χ4n) is 1.53. The highest BCUT2D eigenvalue weighted by molar-refractivity contribution is 5.52. The van der Waals surface area contributed by atoms with Crippen molar-refractivity contribution < 1.29 is 17.9 Å². The van der Waals surface area contributed by atoms with E-state index in [0.29, 0.717) is 26.2 Å². The number of hydrogen-bond acceptors (Lipinski definition) is 2. The number of benzene rings is 1. The molecular formula is C13H18F3NO. The average molecular weight is 261 g/mol. The summed E-state index contributed by atoms with van der Waals surface area (Å²) >= 11 is 0. The molecule has 1 aromatic rings. The SMILES string of the molecule is CCCOCCCNc1ccccc1C(F)(F)F. The summed E-state index contributed by atoms with van der Waals surface area (Å²) < 4.78 is 43.2. The maximum absolute atomic E-state index is 12.7. The summed E-state index contributed by atoms with van der Waals surface area (Å²) in [4.78, 5) is 0. The van der Waals surface area contributed by atoms with Crippen LogP contribution in [0, 0.1) is 0 Å². The first-order valence-electron chi connectivity index (χ1n) is 6.03. The van der Waals surface area contributed by atoms with E-state index in [4.69, 9.17) is 4.74 Å². The summed E-state index contributed by atoms with van der Waals surface area (Å²) in [6.45, 7) is 3.74. The number of hydrogen-bond donors (Lipinski definition) is 1. The number of ether oxygens (including phenoxy) is 1. The monoisotopic (exact) mass is 261 g/mol. The Hall–Kier alpha value is -1.23. The highest BCUT2D eigenvalue weighted by Crippen LogP contribution is 2.34. The van der Waals surface area contributed by atoms with Crippen molar-refractivity contribution in [3.8, 4) is 0 Å². The van der Waals surface area contributed by atoms with Crippen LogP contribution in [0.3, 0.4) is 0 Å². The van der Waals surface area contributed by atoms with Crippen LogP contribution in [-0.2, 0) is 10.9 Å². The van der Waals surface area contributed by atoms with E-state index in [1.165, 1.54) is 12.1 Å². The van der Waals surface area contributed by atoms with Crippen LogP contribution in [-0.4, -0.2) is 19.8 Å². The van der Waals surface area contributed by atoms with Crippen LogP contribution in [0.15, 0.2) is 24.3 Å². The smallest absolute Gasteiger partial charge is 0.384 e. The predicted octanol–water partition coefficient (Wildman–Crippen LogP) is 3.93. The molecule has 0 aliphatic carbocycles. The molecule has 0 aromatic heterocycles. The molecule has 102 valence electrons. The molecule has 2 nitrogen and oxygen atoms in total. The van der Waals surface area contributed by atoms with Crippen LogP contribution < -0.4 is 5.32 Å². The first kappa shape index (κ1) is 14.8.